The maximum absolute atomic E-state index is 11.7. The molecule has 1 aliphatic rings. The highest BCUT2D eigenvalue weighted by Crippen LogP contribution is 2.29. The van der Waals surface area contributed by atoms with E-state index in [1.807, 2.05) is 13.0 Å². The van der Waals surface area contributed by atoms with Crippen molar-refractivity contribution in [1.82, 2.24) is 4.98 Å². The molecular weight excluding hydrogens is 220 g/mol. The zero-order chi connectivity index (χ0) is 12.3. The molecule has 5 nitrogen and oxygen atoms in total. The first-order chi connectivity index (χ1) is 8.24. The van der Waals surface area contributed by atoms with Gasteiger partial charge in [-0.05, 0) is 25.5 Å². The molecule has 0 saturated heterocycles. The molecule has 0 fully saturated rings. The van der Waals surface area contributed by atoms with Gasteiger partial charge < -0.3 is 9.47 Å². The second kappa shape index (κ2) is 4.95. The maximum Gasteiger partial charge on any atom is 0.335 e. The Kier molecular flexibility index (Phi) is 3.37. The van der Waals surface area contributed by atoms with Crippen LogP contribution < -0.4 is 0 Å². The molecule has 17 heavy (non-hydrogen) atoms. The van der Waals surface area contributed by atoms with Crippen molar-refractivity contribution in [3.63, 3.8) is 0 Å². The summed E-state index contributed by atoms with van der Waals surface area (Å²) in [4.78, 5) is 19.7. The SMILES string of the molecule is CCOC(=O)[C@H]1N=CO[C@@H]1c1cnccc1C. The lowest BCUT2D eigenvalue weighted by Crippen LogP contribution is -2.26. The number of pyridine rings is 1. The zero-order valence-electron chi connectivity index (χ0n) is 9.79. The van der Waals surface area contributed by atoms with Crippen molar-refractivity contribution in [3.05, 3.63) is 29.6 Å². The minimum Gasteiger partial charge on any atom is -0.473 e. The van der Waals surface area contributed by atoms with Crippen LogP contribution in [0, 0.1) is 6.92 Å². The van der Waals surface area contributed by atoms with E-state index in [9.17, 15) is 4.79 Å². The third-order valence-corrected chi connectivity index (χ3v) is 2.63. The van der Waals surface area contributed by atoms with Crippen molar-refractivity contribution in [3.8, 4) is 0 Å². The Morgan fingerprint density at radius 3 is 3.12 bits per heavy atom. The van der Waals surface area contributed by atoms with E-state index in [0.29, 0.717) is 6.61 Å². The van der Waals surface area contributed by atoms with Crippen LogP contribution in [0.5, 0.6) is 0 Å². The molecule has 0 aliphatic carbocycles. The molecule has 5 heteroatoms. The monoisotopic (exact) mass is 234 g/mol. The molecule has 0 unspecified atom stereocenters. The lowest BCUT2D eigenvalue weighted by molar-refractivity contribution is -0.146. The third-order valence-electron chi connectivity index (χ3n) is 2.63. The summed E-state index contributed by atoms with van der Waals surface area (Å²) in [6.45, 7) is 4.05. The van der Waals surface area contributed by atoms with E-state index >= 15 is 0 Å². The average Bonchev–Trinajstić information content (AvgIpc) is 2.79. The largest absolute Gasteiger partial charge is 0.473 e. The second-order valence-corrected chi connectivity index (χ2v) is 3.74. The highest BCUT2D eigenvalue weighted by Gasteiger charge is 2.36. The average molecular weight is 234 g/mol. The van der Waals surface area contributed by atoms with E-state index in [1.54, 1.807) is 19.3 Å². The fourth-order valence-electron chi connectivity index (χ4n) is 1.75. The predicted octanol–water partition coefficient (Wildman–Crippen LogP) is 1.42. The Morgan fingerprint density at radius 2 is 2.41 bits per heavy atom. The molecule has 0 radical (unpaired) electrons. The minimum atomic E-state index is -0.627. The predicted molar refractivity (Wildman–Crippen MR) is 61.7 cm³/mol. The van der Waals surface area contributed by atoms with Gasteiger partial charge in [0.2, 0.25) is 0 Å². The second-order valence-electron chi connectivity index (χ2n) is 3.74. The highest BCUT2D eigenvalue weighted by molar-refractivity contribution is 5.80. The van der Waals surface area contributed by atoms with Crippen LogP contribution in [-0.2, 0) is 14.3 Å². The van der Waals surface area contributed by atoms with Crippen LogP contribution >= 0.6 is 0 Å². The summed E-state index contributed by atoms with van der Waals surface area (Å²) < 4.78 is 10.3. The fourth-order valence-corrected chi connectivity index (χ4v) is 1.75. The molecule has 0 aromatic carbocycles. The van der Waals surface area contributed by atoms with Crippen LogP contribution in [0.4, 0.5) is 0 Å². The number of aryl methyl sites for hydroxylation is 1. The first-order valence-electron chi connectivity index (χ1n) is 5.48. The van der Waals surface area contributed by atoms with Gasteiger partial charge in [-0.3, -0.25) is 4.98 Å². The first-order valence-corrected chi connectivity index (χ1v) is 5.48. The summed E-state index contributed by atoms with van der Waals surface area (Å²) in [5, 5.41) is 0. The van der Waals surface area contributed by atoms with Gasteiger partial charge in [0.05, 0.1) is 6.61 Å². The number of hydrogen-bond donors (Lipinski definition) is 0. The molecule has 0 bridgehead atoms. The van der Waals surface area contributed by atoms with Gasteiger partial charge in [0, 0.05) is 18.0 Å². The van der Waals surface area contributed by atoms with Crippen LogP contribution in [0.1, 0.15) is 24.2 Å². The topological polar surface area (TPSA) is 60.8 Å². The summed E-state index contributed by atoms with van der Waals surface area (Å²) in [6, 6.07) is 1.25. The normalized spacial score (nSPS) is 22.2. The Labute approximate surface area is 99.5 Å². The number of carbonyl (C=O) groups excluding carboxylic acids is 1. The van der Waals surface area contributed by atoms with Crippen molar-refractivity contribution in [2.24, 2.45) is 4.99 Å². The van der Waals surface area contributed by atoms with Crippen LogP contribution in [-0.4, -0.2) is 30.0 Å². The lowest BCUT2D eigenvalue weighted by Gasteiger charge is -2.17. The van der Waals surface area contributed by atoms with Gasteiger partial charge in [0.15, 0.2) is 18.5 Å². The van der Waals surface area contributed by atoms with Crippen molar-refractivity contribution in [2.75, 3.05) is 6.61 Å². The van der Waals surface area contributed by atoms with Crippen molar-refractivity contribution in [2.45, 2.75) is 26.0 Å². The number of carbonyl (C=O) groups is 1. The molecule has 2 heterocycles. The first kappa shape index (κ1) is 11.6. The van der Waals surface area contributed by atoms with Gasteiger partial charge in [-0.2, -0.15) is 0 Å². The summed E-state index contributed by atoms with van der Waals surface area (Å²) in [6.07, 6.45) is 4.27. The van der Waals surface area contributed by atoms with Crippen LogP contribution in [0.2, 0.25) is 0 Å². The van der Waals surface area contributed by atoms with Crippen LogP contribution in [0.3, 0.4) is 0 Å². The fraction of sp³-hybridized carbons (Fsp3) is 0.417. The smallest absolute Gasteiger partial charge is 0.335 e. The Bertz CT molecular complexity index is 445. The quantitative estimate of drug-likeness (QED) is 0.742. The molecule has 0 spiro atoms. The molecule has 1 aliphatic heterocycles. The molecule has 0 saturated carbocycles. The van der Waals surface area contributed by atoms with Gasteiger partial charge in [-0.15, -0.1) is 0 Å². The van der Waals surface area contributed by atoms with Crippen LogP contribution in [0.15, 0.2) is 23.5 Å². The van der Waals surface area contributed by atoms with E-state index in [1.165, 1.54) is 6.40 Å². The number of hydrogen-bond acceptors (Lipinski definition) is 5. The number of nitrogens with zero attached hydrogens (tertiary/aromatic N) is 2. The Balaban J connectivity index is 2.22. The minimum absolute atomic E-state index is 0.337. The van der Waals surface area contributed by atoms with E-state index in [0.717, 1.165) is 11.1 Å². The van der Waals surface area contributed by atoms with Gasteiger partial charge >= 0.3 is 5.97 Å². The van der Waals surface area contributed by atoms with Gasteiger partial charge in [-0.25, -0.2) is 9.79 Å². The summed E-state index contributed by atoms with van der Waals surface area (Å²) in [5.74, 6) is -0.366. The molecule has 2 atom stereocenters. The summed E-state index contributed by atoms with van der Waals surface area (Å²) in [7, 11) is 0. The number of aromatic nitrogens is 1. The number of aliphatic imine (C=N–C) groups is 1. The van der Waals surface area contributed by atoms with E-state index in [-0.39, 0.29) is 5.97 Å². The third kappa shape index (κ3) is 2.27. The van der Waals surface area contributed by atoms with Gasteiger partial charge in [0.25, 0.3) is 0 Å². The number of esters is 1. The summed E-state index contributed by atoms with van der Waals surface area (Å²) in [5.41, 5.74) is 1.88. The van der Waals surface area contributed by atoms with E-state index in [2.05, 4.69) is 9.98 Å². The Morgan fingerprint density at radius 1 is 1.59 bits per heavy atom. The Hall–Kier alpha value is -1.91. The molecule has 90 valence electrons. The van der Waals surface area contributed by atoms with Crippen molar-refractivity contribution in [1.29, 1.82) is 0 Å². The van der Waals surface area contributed by atoms with Crippen molar-refractivity contribution >= 4 is 12.4 Å². The standard InChI is InChI=1S/C12H14N2O3/c1-3-16-12(15)10-11(17-7-14-10)9-6-13-5-4-8(9)2/h4-7,10-11H,3H2,1-2H3/t10-,11+/m0/s1. The van der Waals surface area contributed by atoms with Crippen LogP contribution in [0.25, 0.3) is 0 Å². The molecule has 2 rings (SSSR count). The number of rotatable bonds is 3. The van der Waals surface area contributed by atoms with E-state index in [4.69, 9.17) is 9.47 Å². The maximum atomic E-state index is 11.7. The summed E-state index contributed by atoms with van der Waals surface area (Å²) >= 11 is 0. The molecular formula is C12H14N2O3. The number of ether oxygens (including phenoxy) is 2. The van der Waals surface area contributed by atoms with Crippen molar-refractivity contribution < 1.29 is 14.3 Å². The molecule has 1 aromatic heterocycles. The van der Waals surface area contributed by atoms with Gasteiger partial charge in [0.1, 0.15) is 0 Å². The molecule has 0 amide bonds. The lowest BCUT2D eigenvalue weighted by atomic mass is 10.0. The highest BCUT2D eigenvalue weighted by atomic mass is 16.5. The molecule has 1 aromatic rings. The van der Waals surface area contributed by atoms with Gasteiger partial charge in [-0.1, -0.05) is 0 Å². The van der Waals surface area contributed by atoms with E-state index < -0.39 is 12.1 Å². The zero-order valence-corrected chi connectivity index (χ0v) is 9.79. The molecule has 0 N–H and O–H groups in total.